The second kappa shape index (κ2) is 12.0. The Balaban J connectivity index is 2.47. The number of rotatable bonds is 10. The van der Waals surface area contributed by atoms with E-state index in [1.165, 1.54) is 31.1 Å². The van der Waals surface area contributed by atoms with Crippen LogP contribution in [-0.4, -0.2) is 62.2 Å². The van der Waals surface area contributed by atoms with Crippen LogP contribution < -0.4 is 9.62 Å². The average Bonchev–Trinajstić information content (AvgIpc) is 2.77. The normalized spacial score (nSPS) is 12.5. The molecule has 2 rings (SSSR count). The summed E-state index contributed by atoms with van der Waals surface area (Å²) in [6.45, 7) is 4.48. The summed E-state index contributed by atoms with van der Waals surface area (Å²) in [5.74, 6) is -1.60. The van der Waals surface area contributed by atoms with Gasteiger partial charge in [0.25, 0.3) is 0 Å². The van der Waals surface area contributed by atoms with Crippen molar-refractivity contribution in [2.75, 3.05) is 24.9 Å². The Morgan fingerprint density at radius 2 is 1.60 bits per heavy atom. The number of nitrogens with one attached hydrogen (secondary N) is 1. The summed E-state index contributed by atoms with van der Waals surface area (Å²) in [6, 6.07) is 8.44. The fourth-order valence-electron chi connectivity index (χ4n) is 3.15. The summed E-state index contributed by atoms with van der Waals surface area (Å²) < 4.78 is 41.4. The summed E-state index contributed by atoms with van der Waals surface area (Å²) in [4.78, 5) is 27.6. The Kier molecular flexibility index (Phi) is 9.91. The number of anilines is 1. The van der Waals surface area contributed by atoms with Crippen LogP contribution in [0.25, 0.3) is 0 Å². The van der Waals surface area contributed by atoms with Crippen molar-refractivity contribution >= 4 is 50.9 Å². The van der Waals surface area contributed by atoms with Crippen LogP contribution in [0.4, 0.5) is 10.1 Å². The molecule has 1 unspecified atom stereocenters. The summed E-state index contributed by atoms with van der Waals surface area (Å²) in [5.41, 5.74) is 0.697. The smallest absolute Gasteiger partial charge is 0.304 e. The Labute approximate surface area is 215 Å². The van der Waals surface area contributed by atoms with Gasteiger partial charge in [-0.2, -0.15) is 12.7 Å². The second-order valence-electron chi connectivity index (χ2n) is 8.38. The van der Waals surface area contributed by atoms with Gasteiger partial charge in [0.05, 0.1) is 15.7 Å². The Bertz CT molecular complexity index is 1160. The van der Waals surface area contributed by atoms with Gasteiger partial charge in [-0.25, -0.2) is 8.70 Å². The molecular weight excluding hydrogens is 518 g/mol. The molecule has 0 fully saturated rings. The number of benzene rings is 2. The Hall–Kier alpha value is -2.40. The molecule has 0 bridgehead atoms. The van der Waals surface area contributed by atoms with E-state index < -0.39 is 40.4 Å². The van der Waals surface area contributed by atoms with E-state index >= 15 is 0 Å². The van der Waals surface area contributed by atoms with E-state index in [-0.39, 0.29) is 23.3 Å². The highest BCUT2D eigenvalue weighted by atomic mass is 35.5. The van der Waals surface area contributed by atoms with Crippen LogP contribution in [0.5, 0.6) is 0 Å². The molecule has 0 saturated heterocycles. The first-order valence-corrected chi connectivity index (χ1v) is 12.9. The monoisotopic (exact) mass is 546 g/mol. The molecule has 8 nitrogen and oxygen atoms in total. The van der Waals surface area contributed by atoms with E-state index in [4.69, 9.17) is 23.2 Å². The van der Waals surface area contributed by atoms with E-state index in [1.807, 2.05) is 0 Å². The second-order valence-corrected chi connectivity index (χ2v) is 11.3. The van der Waals surface area contributed by atoms with Crippen molar-refractivity contribution in [3.05, 3.63) is 63.9 Å². The van der Waals surface area contributed by atoms with E-state index in [9.17, 15) is 22.4 Å². The minimum Gasteiger partial charge on any atom is -0.352 e. The molecule has 1 N–H and O–H groups in total. The van der Waals surface area contributed by atoms with Gasteiger partial charge < -0.3 is 10.2 Å². The lowest BCUT2D eigenvalue weighted by molar-refractivity contribution is -0.139. The predicted molar refractivity (Wildman–Crippen MR) is 136 cm³/mol. The van der Waals surface area contributed by atoms with Gasteiger partial charge in [0, 0.05) is 26.7 Å². The first kappa shape index (κ1) is 28.8. The summed E-state index contributed by atoms with van der Waals surface area (Å²) in [7, 11) is -1.48. The molecule has 35 heavy (non-hydrogen) atoms. The highest BCUT2D eigenvalue weighted by molar-refractivity contribution is 7.90. The predicted octanol–water partition coefficient (Wildman–Crippen LogP) is 3.69. The molecule has 0 aliphatic heterocycles. The van der Waals surface area contributed by atoms with Crippen LogP contribution in [0, 0.1) is 5.82 Å². The van der Waals surface area contributed by atoms with Crippen molar-refractivity contribution in [1.29, 1.82) is 0 Å². The van der Waals surface area contributed by atoms with Gasteiger partial charge >= 0.3 is 10.2 Å². The van der Waals surface area contributed by atoms with Gasteiger partial charge in [-0.05, 0) is 62.7 Å². The highest BCUT2D eigenvalue weighted by Crippen LogP contribution is 2.25. The molecule has 2 aromatic carbocycles. The van der Waals surface area contributed by atoms with Crippen molar-refractivity contribution in [2.24, 2.45) is 0 Å². The molecule has 0 aliphatic rings. The van der Waals surface area contributed by atoms with Crippen LogP contribution in [-0.2, 0) is 26.3 Å². The molecule has 0 heterocycles. The molecule has 0 spiro atoms. The topological polar surface area (TPSA) is 90.0 Å². The fraction of sp³-hybridized carbons (Fsp3) is 0.391. The summed E-state index contributed by atoms with van der Waals surface area (Å²) in [5, 5.41) is 3.37. The van der Waals surface area contributed by atoms with Crippen molar-refractivity contribution in [3.8, 4) is 0 Å². The third kappa shape index (κ3) is 7.54. The van der Waals surface area contributed by atoms with E-state index in [0.717, 1.165) is 20.7 Å². The molecule has 1 atom stereocenters. The number of carbonyl (C=O) groups is 2. The number of halogens is 3. The molecule has 0 saturated carbocycles. The number of nitrogens with zero attached hydrogens (tertiary/aromatic N) is 3. The molecule has 2 aromatic rings. The largest absolute Gasteiger partial charge is 0.352 e. The van der Waals surface area contributed by atoms with E-state index in [0.29, 0.717) is 10.6 Å². The summed E-state index contributed by atoms with van der Waals surface area (Å²) >= 11 is 12.1. The molecule has 2 amide bonds. The highest BCUT2D eigenvalue weighted by Gasteiger charge is 2.32. The van der Waals surface area contributed by atoms with Crippen LogP contribution in [0.3, 0.4) is 0 Å². The number of hydrogen-bond acceptors (Lipinski definition) is 4. The molecule has 0 aromatic heterocycles. The summed E-state index contributed by atoms with van der Waals surface area (Å²) in [6.07, 6.45) is 0. The van der Waals surface area contributed by atoms with Crippen LogP contribution in [0.1, 0.15) is 26.3 Å². The molecular formula is C23H29Cl2FN4O4S. The standard InChI is InChI=1S/C23H29Cl2FN4O4S/c1-15(2)27-23(32)16(3)29(13-17-6-11-20(24)21(25)12-17)22(31)14-30(35(33,34)28(4)5)19-9-7-18(26)8-10-19/h6-12,15-16H,13-14H2,1-5H3,(H,27,32). The van der Waals surface area contributed by atoms with Crippen molar-refractivity contribution in [3.63, 3.8) is 0 Å². The van der Waals surface area contributed by atoms with Gasteiger partial charge in [-0.1, -0.05) is 29.3 Å². The first-order valence-electron chi connectivity index (χ1n) is 10.7. The van der Waals surface area contributed by atoms with Crippen molar-refractivity contribution in [1.82, 2.24) is 14.5 Å². The Morgan fingerprint density at radius 1 is 1.00 bits per heavy atom. The maximum Gasteiger partial charge on any atom is 0.304 e. The van der Waals surface area contributed by atoms with Gasteiger partial charge in [0.15, 0.2) is 0 Å². The Morgan fingerprint density at radius 3 is 2.11 bits per heavy atom. The molecule has 0 radical (unpaired) electrons. The number of hydrogen-bond donors (Lipinski definition) is 1. The first-order chi connectivity index (χ1) is 16.2. The maximum atomic E-state index is 13.5. The lowest BCUT2D eigenvalue weighted by Crippen LogP contribution is -2.53. The number of carbonyl (C=O) groups excluding carboxylic acids is 2. The lowest BCUT2D eigenvalue weighted by Gasteiger charge is -2.33. The van der Waals surface area contributed by atoms with Crippen LogP contribution >= 0.6 is 23.2 Å². The van der Waals surface area contributed by atoms with Gasteiger partial charge in [-0.3, -0.25) is 9.59 Å². The van der Waals surface area contributed by atoms with Gasteiger partial charge in [0.1, 0.15) is 18.4 Å². The fourth-order valence-corrected chi connectivity index (χ4v) is 4.52. The zero-order chi connectivity index (χ0) is 26.5. The molecule has 192 valence electrons. The quantitative estimate of drug-likeness (QED) is 0.492. The van der Waals surface area contributed by atoms with E-state index in [2.05, 4.69) is 5.32 Å². The average molecular weight is 547 g/mol. The number of amides is 2. The van der Waals surface area contributed by atoms with Crippen LogP contribution in [0.2, 0.25) is 10.0 Å². The minimum atomic E-state index is -4.13. The third-order valence-electron chi connectivity index (χ3n) is 5.07. The molecule has 12 heteroatoms. The van der Waals surface area contributed by atoms with Crippen LogP contribution in [0.15, 0.2) is 42.5 Å². The van der Waals surface area contributed by atoms with Gasteiger partial charge in [-0.15, -0.1) is 0 Å². The third-order valence-corrected chi connectivity index (χ3v) is 7.63. The molecule has 0 aliphatic carbocycles. The van der Waals surface area contributed by atoms with Crippen molar-refractivity contribution in [2.45, 2.75) is 39.4 Å². The minimum absolute atomic E-state index is 0.0261. The lowest BCUT2D eigenvalue weighted by atomic mass is 10.1. The zero-order valence-corrected chi connectivity index (χ0v) is 22.5. The van der Waals surface area contributed by atoms with Gasteiger partial charge in [0.2, 0.25) is 11.8 Å². The van der Waals surface area contributed by atoms with E-state index in [1.54, 1.807) is 39.0 Å². The van der Waals surface area contributed by atoms with Crippen molar-refractivity contribution < 1.29 is 22.4 Å². The SMILES string of the molecule is CC(C)NC(=O)C(C)N(Cc1ccc(Cl)c(Cl)c1)C(=O)CN(c1ccc(F)cc1)S(=O)(=O)N(C)C. The zero-order valence-electron chi connectivity index (χ0n) is 20.1. The maximum absolute atomic E-state index is 13.5.